The van der Waals surface area contributed by atoms with Crippen molar-refractivity contribution in [3.63, 3.8) is 0 Å². The third-order valence-electron chi connectivity index (χ3n) is 2.29. The van der Waals surface area contributed by atoms with Crippen molar-refractivity contribution in [3.8, 4) is 0 Å². The topological polar surface area (TPSA) is 30.5 Å². The molecule has 2 unspecified atom stereocenters. The Morgan fingerprint density at radius 3 is 3.00 bits per heavy atom. The smallest absolute Gasteiger partial charge is 0.0940 e. The standard InChI is InChI=1S/C11H21NO2/c1-5-9(2)13-7-10-6-12-8-11(3,4)14-10/h5,9-10,12H,1,6-8H2,2-4H3. The van der Waals surface area contributed by atoms with Gasteiger partial charge in [-0.05, 0) is 20.8 Å². The van der Waals surface area contributed by atoms with Crippen molar-refractivity contribution in [3.05, 3.63) is 12.7 Å². The van der Waals surface area contributed by atoms with Gasteiger partial charge in [0, 0.05) is 13.1 Å². The summed E-state index contributed by atoms with van der Waals surface area (Å²) >= 11 is 0. The highest BCUT2D eigenvalue weighted by Gasteiger charge is 2.28. The molecule has 14 heavy (non-hydrogen) atoms. The molecule has 82 valence electrons. The molecule has 0 aromatic heterocycles. The van der Waals surface area contributed by atoms with E-state index < -0.39 is 0 Å². The normalized spacial score (nSPS) is 28.4. The van der Waals surface area contributed by atoms with E-state index in [9.17, 15) is 0 Å². The summed E-state index contributed by atoms with van der Waals surface area (Å²) in [7, 11) is 0. The molecule has 0 amide bonds. The Morgan fingerprint density at radius 2 is 2.43 bits per heavy atom. The summed E-state index contributed by atoms with van der Waals surface area (Å²) in [4.78, 5) is 0. The molecule has 2 atom stereocenters. The van der Waals surface area contributed by atoms with Crippen molar-refractivity contribution in [2.45, 2.75) is 38.6 Å². The number of rotatable bonds is 4. The molecule has 1 aliphatic rings. The maximum absolute atomic E-state index is 5.85. The Bertz CT molecular complexity index is 192. The molecule has 0 bridgehead atoms. The molecule has 1 rings (SSSR count). The van der Waals surface area contributed by atoms with Crippen molar-refractivity contribution in [2.75, 3.05) is 19.7 Å². The molecule has 1 N–H and O–H groups in total. The predicted octanol–water partition coefficient (Wildman–Crippen LogP) is 1.34. The molecule has 0 radical (unpaired) electrons. The van der Waals surface area contributed by atoms with Gasteiger partial charge in [0.2, 0.25) is 0 Å². The lowest BCUT2D eigenvalue weighted by Crippen LogP contribution is -2.52. The van der Waals surface area contributed by atoms with Crippen LogP contribution in [0.3, 0.4) is 0 Å². The van der Waals surface area contributed by atoms with E-state index in [2.05, 4.69) is 25.7 Å². The van der Waals surface area contributed by atoms with E-state index in [0.29, 0.717) is 6.61 Å². The Balaban J connectivity index is 2.27. The zero-order valence-electron chi connectivity index (χ0n) is 9.38. The Kier molecular flexibility index (Phi) is 4.11. The summed E-state index contributed by atoms with van der Waals surface area (Å²) in [6, 6.07) is 0. The van der Waals surface area contributed by atoms with E-state index in [-0.39, 0.29) is 17.8 Å². The fourth-order valence-corrected chi connectivity index (χ4v) is 1.49. The number of morpholine rings is 1. The first-order valence-corrected chi connectivity index (χ1v) is 5.16. The first-order valence-electron chi connectivity index (χ1n) is 5.16. The highest BCUT2D eigenvalue weighted by atomic mass is 16.6. The van der Waals surface area contributed by atoms with Crippen LogP contribution in [0.4, 0.5) is 0 Å². The van der Waals surface area contributed by atoms with Crippen LogP contribution in [0.25, 0.3) is 0 Å². The molecule has 0 aromatic rings. The molecular formula is C11H21NO2. The summed E-state index contributed by atoms with van der Waals surface area (Å²) in [5, 5.41) is 3.34. The molecule has 3 nitrogen and oxygen atoms in total. The second-order valence-electron chi connectivity index (χ2n) is 4.40. The molecule has 3 heteroatoms. The lowest BCUT2D eigenvalue weighted by atomic mass is 10.1. The van der Waals surface area contributed by atoms with Gasteiger partial charge in [-0.1, -0.05) is 6.08 Å². The van der Waals surface area contributed by atoms with Gasteiger partial charge in [0.05, 0.1) is 24.4 Å². The zero-order valence-corrected chi connectivity index (χ0v) is 9.38. The van der Waals surface area contributed by atoms with E-state index in [4.69, 9.17) is 9.47 Å². The van der Waals surface area contributed by atoms with Gasteiger partial charge in [-0.2, -0.15) is 0 Å². The van der Waals surface area contributed by atoms with Crippen LogP contribution in [0.1, 0.15) is 20.8 Å². The van der Waals surface area contributed by atoms with Crippen LogP contribution in [0, 0.1) is 0 Å². The third-order valence-corrected chi connectivity index (χ3v) is 2.29. The fraction of sp³-hybridized carbons (Fsp3) is 0.818. The Labute approximate surface area is 86.5 Å². The summed E-state index contributed by atoms with van der Waals surface area (Å²) in [6.45, 7) is 12.2. The quantitative estimate of drug-likeness (QED) is 0.693. The lowest BCUT2D eigenvalue weighted by Gasteiger charge is -2.36. The van der Waals surface area contributed by atoms with Crippen molar-refractivity contribution in [1.29, 1.82) is 0 Å². The van der Waals surface area contributed by atoms with Gasteiger partial charge in [-0.3, -0.25) is 0 Å². The van der Waals surface area contributed by atoms with Crippen molar-refractivity contribution in [1.82, 2.24) is 5.32 Å². The average Bonchev–Trinajstić information content (AvgIpc) is 2.12. The van der Waals surface area contributed by atoms with E-state index in [0.717, 1.165) is 13.1 Å². The molecular weight excluding hydrogens is 178 g/mol. The number of ether oxygens (including phenoxy) is 2. The van der Waals surface area contributed by atoms with Crippen LogP contribution in [-0.4, -0.2) is 37.5 Å². The summed E-state index contributed by atoms with van der Waals surface area (Å²) < 4.78 is 11.4. The van der Waals surface area contributed by atoms with Crippen LogP contribution in [-0.2, 0) is 9.47 Å². The van der Waals surface area contributed by atoms with E-state index in [1.165, 1.54) is 0 Å². The highest BCUT2D eigenvalue weighted by Crippen LogP contribution is 2.15. The van der Waals surface area contributed by atoms with Gasteiger partial charge in [0.1, 0.15) is 0 Å². The van der Waals surface area contributed by atoms with Gasteiger partial charge in [-0.15, -0.1) is 6.58 Å². The van der Waals surface area contributed by atoms with E-state index in [1.54, 1.807) is 6.08 Å². The number of nitrogens with one attached hydrogen (secondary N) is 1. The minimum Gasteiger partial charge on any atom is -0.372 e. The third kappa shape index (κ3) is 3.78. The molecule has 0 aromatic carbocycles. The number of hydrogen-bond donors (Lipinski definition) is 1. The lowest BCUT2D eigenvalue weighted by molar-refractivity contribution is -0.124. The minimum absolute atomic E-state index is 0.0797. The molecule has 1 heterocycles. The molecule has 1 fully saturated rings. The van der Waals surface area contributed by atoms with Crippen LogP contribution in [0.2, 0.25) is 0 Å². The molecule has 0 saturated carbocycles. The summed E-state index contributed by atoms with van der Waals surface area (Å²) in [6.07, 6.45) is 2.05. The molecule has 0 spiro atoms. The minimum atomic E-state index is -0.0797. The molecule has 1 aliphatic heterocycles. The molecule has 1 saturated heterocycles. The second kappa shape index (κ2) is 4.91. The van der Waals surface area contributed by atoms with Crippen LogP contribution < -0.4 is 5.32 Å². The fourth-order valence-electron chi connectivity index (χ4n) is 1.49. The maximum atomic E-state index is 5.85. The number of hydrogen-bond acceptors (Lipinski definition) is 3. The van der Waals surface area contributed by atoms with Gasteiger partial charge in [0.15, 0.2) is 0 Å². The SMILES string of the molecule is C=CC(C)OCC1CNCC(C)(C)O1. The van der Waals surface area contributed by atoms with E-state index >= 15 is 0 Å². The van der Waals surface area contributed by atoms with Gasteiger partial charge >= 0.3 is 0 Å². The maximum Gasteiger partial charge on any atom is 0.0940 e. The predicted molar refractivity (Wildman–Crippen MR) is 57.4 cm³/mol. The van der Waals surface area contributed by atoms with Gasteiger partial charge in [-0.25, -0.2) is 0 Å². The van der Waals surface area contributed by atoms with Gasteiger partial charge < -0.3 is 14.8 Å². The molecule has 0 aliphatic carbocycles. The summed E-state index contributed by atoms with van der Waals surface area (Å²) in [5.74, 6) is 0. The Hall–Kier alpha value is -0.380. The van der Waals surface area contributed by atoms with Crippen molar-refractivity contribution in [2.24, 2.45) is 0 Å². The first kappa shape index (κ1) is 11.7. The van der Waals surface area contributed by atoms with Crippen LogP contribution >= 0.6 is 0 Å². The first-order chi connectivity index (χ1) is 6.53. The van der Waals surface area contributed by atoms with Gasteiger partial charge in [0.25, 0.3) is 0 Å². The van der Waals surface area contributed by atoms with Crippen molar-refractivity contribution < 1.29 is 9.47 Å². The van der Waals surface area contributed by atoms with Crippen LogP contribution in [0.5, 0.6) is 0 Å². The highest BCUT2D eigenvalue weighted by molar-refractivity contribution is 4.82. The van der Waals surface area contributed by atoms with Crippen molar-refractivity contribution >= 4 is 0 Å². The monoisotopic (exact) mass is 199 g/mol. The second-order valence-corrected chi connectivity index (χ2v) is 4.40. The largest absolute Gasteiger partial charge is 0.372 e. The van der Waals surface area contributed by atoms with E-state index in [1.807, 2.05) is 6.92 Å². The summed E-state index contributed by atoms with van der Waals surface area (Å²) in [5.41, 5.74) is -0.0797. The zero-order chi connectivity index (χ0) is 10.6. The average molecular weight is 199 g/mol. The Morgan fingerprint density at radius 1 is 1.71 bits per heavy atom. The van der Waals surface area contributed by atoms with Crippen LogP contribution in [0.15, 0.2) is 12.7 Å².